The zero-order valence-electron chi connectivity index (χ0n) is 11.4. The van der Waals surface area contributed by atoms with Crippen LogP contribution < -0.4 is 4.74 Å². The molecule has 19 heavy (non-hydrogen) atoms. The molecule has 2 aromatic carbocycles. The SMILES string of the molecule is CCCCOC(C)Oc1ccc2cc(O)ccc2c1. The molecule has 0 amide bonds. The Morgan fingerprint density at radius 3 is 2.63 bits per heavy atom. The van der Waals surface area contributed by atoms with E-state index in [9.17, 15) is 5.11 Å². The lowest BCUT2D eigenvalue weighted by Gasteiger charge is -2.15. The van der Waals surface area contributed by atoms with E-state index in [4.69, 9.17) is 9.47 Å². The van der Waals surface area contributed by atoms with Gasteiger partial charge in [-0.3, -0.25) is 0 Å². The molecule has 3 nitrogen and oxygen atoms in total. The second kappa shape index (κ2) is 6.43. The molecule has 0 radical (unpaired) electrons. The highest BCUT2D eigenvalue weighted by Gasteiger charge is 2.04. The summed E-state index contributed by atoms with van der Waals surface area (Å²) in [5.41, 5.74) is 0. The van der Waals surface area contributed by atoms with E-state index in [1.165, 1.54) is 0 Å². The summed E-state index contributed by atoms with van der Waals surface area (Å²) in [5, 5.41) is 11.4. The first-order valence-electron chi connectivity index (χ1n) is 6.70. The third-order valence-electron chi connectivity index (χ3n) is 2.95. The van der Waals surface area contributed by atoms with Gasteiger partial charge in [0.05, 0.1) is 6.61 Å². The fourth-order valence-electron chi connectivity index (χ4n) is 1.90. The lowest BCUT2D eigenvalue weighted by Crippen LogP contribution is -2.16. The van der Waals surface area contributed by atoms with Crippen molar-refractivity contribution in [1.82, 2.24) is 0 Å². The van der Waals surface area contributed by atoms with Crippen molar-refractivity contribution in [3.05, 3.63) is 36.4 Å². The third-order valence-corrected chi connectivity index (χ3v) is 2.95. The first-order valence-corrected chi connectivity index (χ1v) is 6.70. The Bertz CT molecular complexity index is 537. The molecule has 0 aromatic heterocycles. The number of hydrogen-bond acceptors (Lipinski definition) is 3. The number of aromatic hydroxyl groups is 1. The van der Waals surface area contributed by atoms with Crippen molar-refractivity contribution >= 4 is 10.8 Å². The van der Waals surface area contributed by atoms with Gasteiger partial charge in [-0.1, -0.05) is 25.5 Å². The van der Waals surface area contributed by atoms with Crippen LogP contribution in [-0.4, -0.2) is 18.0 Å². The predicted molar refractivity (Wildman–Crippen MR) is 76.6 cm³/mol. The summed E-state index contributed by atoms with van der Waals surface area (Å²) in [4.78, 5) is 0. The van der Waals surface area contributed by atoms with Gasteiger partial charge < -0.3 is 14.6 Å². The van der Waals surface area contributed by atoms with Crippen LogP contribution in [0.2, 0.25) is 0 Å². The summed E-state index contributed by atoms with van der Waals surface area (Å²) in [5.74, 6) is 1.06. The number of benzene rings is 2. The lowest BCUT2D eigenvalue weighted by molar-refractivity contribution is -0.0673. The normalized spacial score (nSPS) is 12.5. The van der Waals surface area contributed by atoms with Gasteiger partial charge in [-0.05, 0) is 48.4 Å². The molecule has 0 fully saturated rings. The molecule has 0 bridgehead atoms. The summed E-state index contributed by atoms with van der Waals surface area (Å²) in [7, 11) is 0. The van der Waals surface area contributed by atoms with Crippen LogP contribution in [0.5, 0.6) is 11.5 Å². The molecule has 1 N–H and O–H groups in total. The summed E-state index contributed by atoms with van der Waals surface area (Å²) < 4.78 is 11.3. The second-order valence-electron chi connectivity index (χ2n) is 4.60. The van der Waals surface area contributed by atoms with Gasteiger partial charge in [0.1, 0.15) is 11.5 Å². The summed E-state index contributed by atoms with van der Waals surface area (Å²) in [6.45, 7) is 4.75. The molecule has 102 valence electrons. The highest BCUT2D eigenvalue weighted by Crippen LogP contribution is 2.24. The van der Waals surface area contributed by atoms with Crippen LogP contribution in [-0.2, 0) is 4.74 Å². The number of ether oxygens (including phenoxy) is 2. The molecule has 0 aliphatic carbocycles. The fourth-order valence-corrected chi connectivity index (χ4v) is 1.90. The second-order valence-corrected chi connectivity index (χ2v) is 4.60. The van der Waals surface area contributed by atoms with Crippen molar-refractivity contribution in [3.8, 4) is 11.5 Å². The number of rotatable bonds is 6. The highest BCUT2D eigenvalue weighted by molar-refractivity contribution is 5.85. The first kappa shape index (κ1) is 13.7. The van der Waals surface area contributed by atoms with Gasteiger partial charge in [-0.25, -0.2) is 0 Å². The molecule has 1 atom stereocenters. The van der Waals surface area contributed by atoms with Crippen LogP contribution in [0.1, 0.15) is 26.7 Å². The molecule has 0 saturated heterocycles. The fraction of sp³-hybridized carbons (Fsp3) is 0.375. The molecule has 0 saturated carbocycles. The zero-order chi connectivity index (χ0) is 13.7. The van der Waals surface area contributed by atoms with E-state index in [0.717, 1.165) is 36.0 Å². The van der Waals surface area contributed by atoms with Gasteiger partial charge in [0.15, 0.2) is 6.29 Å². The quantitative estimate of drug-likeness (QED) is 0.628. The molecule has 0 aliphatic rings. The number of phenolic OH excluding ortho intramolecular Hbond substituents is 1. The van der Waals surface area contributed by atoms with Crippen molar-refractivity contribution in [2.45, 2.75) is 33.0 Å². The molecule has 0 aliphatic heterocycles. The molecule has 2 rings (SSSR count). The Morgan fingerprint density at radius 1 is 1.11 bits per heavy atom. The van der Waals surface area contributed by atoms with E-state index in [2.05, 4.69) is 6.92 Å². The minimum atomic E-state index is -0.249. The van der Waals surface area contributed by atoms with Crippen molar-refractivity contribution in [2.24, 2.45) is 0 Å². The zero-order valence-corrected chi connectivity index (χ0v) is 11.4. The monoisotopic (exact) mass is 260 g/mol. The maximum absolute atomic E-state index is 9.41. The van der Waals surface area contributed by atoms with E-state index >= 15 is 0 Å². The average molecular weight is 260 g/mol. The Balaban J connectivity index is 2.02. The van der Waals surface area contributed by atoms with Crippen LogP contribution in [0.3, 0.4) is 0 Å². The number of unbranched alkanes of at least 4 members (excludes halogenated alkanes) is 1. The van der Waals surface area contributed by atoms with E-state index < -0.39 is 0 Å². The maximum Gasteiger partial charge on any atom is 0.196 e. The molecule has 0 spiro atoms. The minimum Gasteiger partial charge on any atom is -0.508 e. The Kier molecular flexibility index (Phi) is 4.63. The standard InChI is InChI=1S/C16H20O3/c1-3-4-9-18-12(2)19-16-8-6-13-10-15(17)7-5-14(13)11-16/h5-8,10-12,17H,3-4,9H2,1-2H3. The van der Waals surface area contributed by atoms with Crippen LogP contribution in [0.4, 0.5) is 0 Å². The first-order chi connectivity index (χ1) is 9.19. The van der Waals surface area contributed by atoms with Crippen molar-refractivity contribution in [1.29, 1.82) is 0 Å². The van der Waals surface area contributed by atoms with E-state index in [1.54, 1.807) is 12.1 Å². The lowest BCUT2D eigenvalue weighted by atomic mass is 10.1. The Labute approximate surface area is 113 Å². The highest BCUT2D eigenvalue weighted by atomic mass is 16.7. The largest absolute Gasteiger partial charge is 0.508 e. The summed E-state index contributed by atoms with van der Waals surface area (Å²) in [6, 6.07) is 11.1. The van der Waals surface area contributed by atoms with Crippen molar-refractivity contribution in [3.63, 3.8) is 0 Å². The molecule has 2 aromatic rings. The van der Waals surface area contributed by atoms with E-state index in [0.29, 0.717) is 0 Å². The number of hydrogen-bond donors (Lipinski definition) is 1. The topological polar surface area (TPSA) is 38.7 Å². The van der Waals surface area contributed by atoms with E-state index in [-0.39, 0.29) is 12.0 Å². The van der Waals surface area contributed by atoms with Crippen LogP contribution >= 0.6 is 0 Å². The summed E-state index contributed by atoms with van der Waals surface area (Å²) >= 11 is 0. The molecule has 1 unspecified atom stereocenters. The molecular weight excluding hydrogens is 240 g/mol. The molecule has 3 heteroatoms. The predicted octanol–water partition coefficient (Wildman–Crippen LogP) is 4.09. The molecule has 0 heterocycles. The van der Waals surface area contributed by atoms with Crippen LogP contribution in [0, 0.1) is 0 Å². The summed E-state index contributed by atoms with van der Waals surface area (Å²) in [6.07, 6.45) is 1.91. The van der Waals surface area contributed by atoms with Gasteiger partial charge in [0.2, 0.25) is 0 Å². The average Bonchev–Trinajstić information content (AvgIpc) is 2.39. The van der Waals surface area contributed by atoms with Gasteiger partial charge in [-0.15, -0.1) is 0 Å². The Morgan fingerprint density at radius 2 is 1.84 bits per heavy atom. The maximum atomic E-state index is 9.41. The van der Waals surface area contributed by atoms with Crippen LogP contribution in [0.15, 0.2) is 36.4 Å². The third kappa shape index (κ3) is 3.86. The van der Waals surface area contributed by atoms with Gasteiger partial charge >= 0.3 is 0 Å². The number of fused-ring (bicyclic) bond motifs is 1. The van der Waals surface area contributed by atoms with E-state index in [1.807, 2.05) is 31.2 Å². The number of phenols is 1. The van der Waals surface area contributed by atoms with Crippen LogP contribution in [0.25, 0.3) is 10.8 Å². The van der Waals surface area contributed by atoms with Crippen molar-refractivity contribution in [2.75, 3.05) is 6.61 Å². The minimum absolute atomic E-state index is 0.249. The van der Waals surface area contributed by atoms with Gasteiger partial charge in [0, 0.05) is 0 Å². The van der Waals surface area contributed by atoms with Gasteiger partial charge in [-0.2, -0.15) is 0 Å². The Hall–Kier alpha value is -1.74. The van der Waals surface area contributed by atoms with Gasteiger partial charge in [0.25, 0.3) is 0 Å². The molecular formula is C16H20O3. The smallest absolute Gasteiger partial charge is 0.196 e. The van der Waals surface area contributed by atoms with Crippen molar-refractivity contribution < 1.29 is 14.6 Å².